The van der Waals surface area contributed by atoms with Crippen LogP contribution in [-0.4, -0.2) is 35.4 Å². The van der Waals surface area contributed by atoms with Gasteiger partial charge in [0.05, 0.1) is 36.9 Å². The topological polar surface area (TPSA) is 82.5 Å². The maximum absolute atomic E-state index is 13.3. The van der Waals surface area contributed by atoms with E-state index in [-0.39, 0.29) is 17.2 Å². The summed E-state index contributed by atoms with van der Waals surface area (Å²) in [5.74, 6) is 0.959. The average molecular weight is 482 g/mol. The van der Waals surface area contributed by atoms with Crippen molar-refractivity contribution in [1.82, 2.24) is 9.55 Å². The fourth-order valence-electron chi connectivity index (χ4n) is 3.48. The number of thiophene rings is 1. The number of thioether (sulfide) groups is 1. The first kappa shape index (κ1) is 22.9. The second-order valence-corrected chi connectivity index (χ2v) is 9.22. The normalized spacial score (nSPS) is 10.9. The lowest BCUT2D eigenvalue weighted by Gasteiger charge is -2.15. The minimum atomic E-state index is -0.240. The van der Waals surface area contributed by atoms with Crippen LogP contribution in [0.4, 0.5) is 5.69 Å². The van der Waals surface area contributed by atoms with Crippen LogP contribution in [-0.2, 0) is 4.79 Å². The Bertz CT molecular complexity index is 1390. The molecule has 0 aliphatic carbocycles. The van der Waals surface area contributed by atoms with E-state index in [4.69, 9.17) is 9.47 Å². The molecule has 0 saturated heterocycles. The van der Waals surface area contributed by atoms with Gasteiger partial charge in [0.2, 0.25) is 5.91 Å². The van der Waals surface area contributed by atoms with Gasteiger partial charge in [-0.25, -0.2) is 4.98 Å². The number of rotatable bonds is 7. The Balaban J connectivity index is 1.64. The summed E-state index contributed by atoms with van der Waals surface area (Å²) in [6, 6.07) is 12.9. The number of carbonyl (C=O) groups is 1. The van der Waals surface area contributed by atoms with E-state index in [1.54, 1.807) is 29.9 Å². The summed E-state index contributed by atoms with van der Waals surface area (Å²) in [7, 11) is 3.10. The Morgan fingerprint density at radius 2 is 1.94 bits per heavy atom. The zero-order chi connectivity index (χ0) is 23.5. The van der Waals surface area contributed by atoms with Gasteiger partial charge in [0.1, 0.15) is 16.2 Å². The third-order valence-corrected chi connectivity index (χ3v) is 6.89. The van der Waals surface area contributed by atoms with Crippen molar-refractivity contribution in [2.24, 2.45) is 0 Å². The van der Waals surface area contributed by atoms with E-state index in [9.17, 15) is 9.59 Å². The lowest BCUT2D eigenvalue weighted by Crippen LogP contribution is -2.23. The molecule has 0 saturated carbocycles. The van der Waals surface area contributed by atoms with Gasteiger partial charge < -0.3 is 14.8 Å². The van der Waals surface area contributed by atoms with E-state index >= 15 is 0 Å². The number of ether oxygens (including phenoxy) is 2. The molecule has 0 atom stereocenters. The first-order valence-corrected chi connectivity index (χ1v) is 12.0. The van der Waals surface area contributed by atoms with Gasteiger partial charge in [-0.2, -0.15) is 0 Å². The second kappa shape index (κ2) is 9.68. The van der Waals surface area contributed by atoms with Gasteiger partial charge in [0.25, 0.3) is 5.56 Å². The number of hydrogen-bond acceptors (Lipinski definition) is 7. The van der Waals surface area contributed by atoms with E-state index in [2.05, 4.69) is 10.3 Å². The minimum Gasteiger partial charge on any atom is -0.497 e. The van der Waals surface area contributed by atoms with Gasteiger partial charge in [0, 0.05) is 6.07 Å². The molecule has 2 aromatic carbocycles. The summed E-state index contributed by atoms with van der Waals surface area (Å²) in [6.07, 6.45) is 0. The molecule has 0 fully saturated rings. The van der Waals surface area contributed by atoms with Crippen molar-refractivity contribution in [1.29, 1.82) is 0 Å². The summed E-state index contributed by atoms with van der Waals surface area (Å²) in [5, 5.41) is 5.17. The van der Waals surface area contributed by atoms with E-state index in [1.165, 1.54) is 30.2 Å². The predicted octanol–water partition coefficient (Wildman–Crippen LogP) is 4.81. The number of anilines is 1. The predicted molar refractivity (Wildman–Crippen MR) is 134 cm³/mol. The Kier molecular flexibility index (Phi) is 6.71. The molecule has 2 aromatic heterocycles. The number of aromatic nitrogens is 2. The lowest BCUT2D eigenvalue weighted by atomic mass is 10.1. The number of aryl methyl sites for hydroxylation is 2. The van der Waals surface area contributed by atoms with Crippen molar-refractivity contribution in [3.05, 3.63) is 69.3 Å². The Hall–Kier alpha value is -3.30. The zero-order valence-electron chi connectivity index (χ0n) is 18.7. The van der Waals surface area contributed by atoms with Crippen LogP contribution in [0.3, 0.4) is 0 Å². The molecule has 7 nitrogen and oxygen atoms in total. The third kappa shape index (κ3) is 4.74. The number of amides is 1. The molecule has 1 amide bonds. The highest BCUT2D eigenvalue weighted by Gasteiger charge is 2.17. The SMILES string of the molecule is COc1ccc(NC(=O)CSc2nc3ccsc3c(=O)n2-c2ccc(C)cc2C)c(OC)c1. The molecule has 0 aliphatic heterocycles. The Morgan fingerprint density at radius 1 is 1.12 bits per heavy atom. The minimum absolute atomic E-state index is 0.0716. The fourth-order valence-corrected chi connectivity index (χ4v) is 5.04. The van der Waals surface area contributed by atoms with Crippen LogP contribution in [0.1, 0.15) is 11.1 Å². The Morgan fingerprint density at radius 3 is 2.67 bits per heavy atom. The summed E-state index contributed by atoms with van der Waals surface area (Å²) in [5.41, 5.74) is 3.86. The molecule has 170 valence electrons. The summed E-state index contributed by atoms with van der Waals surface area (Å²) in [4.78, 5) is 30.7. The van der Waals surface area contributed by atoms with Crippen LogP contribution in [0.5, 0.6) is 11.5 Å². The van der Waals surface area contributed by atoms with Crippen LogP contribution in [0, 0.1) is 13.8 Å². The van der Waals surface area contributed by atoms with Crippen LogP contribution < -0.4 is 20.3 Å². The summed E-state index contributed by atoms with van der Waals surface area (Å²) < 4.78 is 12.7. The molecule has 2 heterocycles. The first-order valence-electron chi connectivity index (χ1n) is 10.1. The number of methoxy groups -OCH3 is 2. The number of nitrogens with one attached hydrogen (secondary N) is 1. The highest BCUT2D eigenvalue weighted by molar-refractivity contribution is 7.99. The first-order chi connectivity index (χ1) is 15.9. The highest BCUT2D eigenvalue weighted by Crippen LogP contribution is 2.30. The van der Waals surface area contributed by atoms with E-state index in [0.717, 1.165) is 16.8 Å². The van der Waals surface area contributed by atoms with Crippen molar-refractivity contribution in [2.45, 2.75) is 19.0 Å². The molecule has 0 unspecified atom stereocenters. The van der Waals surface area contributed by atoms with E-state index in [0.29, 0.717) is 32.6 Å². The number of fused-ring (bicyclic) bond motifs is 1. The fraction of sp³-hybridized carbons (Fsp3) is 0.208. The second-order valence-electron chi connectivity index (χ2n) is 7.36. The van der Waals surface area contributed by atoms with Crippen molar-refractivity contribution >= 4 is 44.9 Å². The maximum atomic E-state index is 13.3. The molecule has 0 spiro atoms. The van der Waals surface area contributed by atoms with Gasteiger partial charge >= 0.3 is 0 Å². The molecule has 9 heteroatoms. The third-order valence-electron chi connectivity index (χ3n) is 5.06. The zero-order valence-corrected chi connectivity index (χ0v) is 20.3. The number of hydrogen-bond donors (Lipinski definition) is 1. The Labute approximate surface area is 199 Å². The molecule has 0 bridgehead atoms. The van der Waals surface area contributed by atoms with Crippen LogP contribution in [0.25, 0.3) is 15.9 Å². The standard InChI is InChI=1S/C24H23N3O4S2/c1-14-5-8-19(15(2)11-14)27-23(29)22-18(9-10-32-22)26-24(27)33-13-21(28)25-17-7-6-16(30-3)12-20(17)31-4/h5-12H,13H2,1-4H3,(H,25,28). The van der Waals surface area contributed by atoms with Gasteiger partial charge in [-0.05, 0) is 49.1 Å². The number of carbonyl (C=O) groups excluding carboxylic acids is 1. The molecular formula is C24H23N3O4S2. The monoisotopic (exact) mass is 481 g/mol. The van der Waals surface area contributed by atoms with Crippen LogP contribution >= 0.6 is 23.1 Å². The lowest BCUT2D eigenvalue weighted by molar-refractivity contribution is -0.113. The molecule has 0 radical (unpaired) electrons. The summed E-state index contributed by atoms with van der Waals surface area (Å²) in [6.45, 7) is 3.97. The highest BCUT2D eigenvalue weighted by atomic mass is 32.2. The van der Waals surface area contributed by atoms with E-state index in [1.807, 2.05) is 43.5 Å². The number of nitrogens with zero attached hydrogens (tertiary/aromatic N) is 2. The van der Waals surface area contributed by atoms with Crippen molar-refractivity contribution < 1.29 is 14.3 Å². The van der Waals surface area contributed by atoms with Gasteiger partial charge in [0.15, 0.2) is 5.16 Å². The van der Waals surface area contributed by atoms with Gasteiger partial charge in [-0.15, -0.1) is 11.3 Å². The molecule has 1 N–H and O–H groups in total. The maximum Gasteiger partial charge on any atom is 0.276 e. The number of benzene rings is 2. The van der Waals surface area contributed by atoms with Crippen molar-refractivity contribution in [3.8, 4) is 17.2 Å². The molecule has 33 heavy (non-hydrogen) atoms. The summed E-state index contributed by atoms with van der Waals surface area (Å²) >= 11 is 2.58. The molecule has 4 rings (SSSR count). The van der Waals surface area contributed by atoms with Crippen LogP contribution in [0.2, 0.25) is 0 Å². The van der Waals surface area contributed by atoms with E-state index < -0.39 is 0 Å². The van der Waals surface area contributed by atoms with Gasteiger partial charge in [-0.1, -0.05) is 29.5 Å². The molecule has 4 aromatic rings. The quantitative estimate of drug-likeness (QED) is 0.301. The molecule has 0 aliphatic rings. The average Bonchev–Trinajstić information content (AvgIpc) is 3.28. The smallest absolute Gasteiger partial charge is 0.276 e. The largest absolute Gasteiger partial charge is 0.497 e. The van der Waals surface area contributed by atoms with Crippen LogP contribution in [0.15, 0.2) is 57.8 Å². The van der Waals surface area contributed by atoms with Crippen molar-refractivity contribution in [2.75, 3.05) is 25.3 Å². The van der Waals surface area contributed by atoms with Gasteiger partial charge in [-0.3, -0.25) is 14.2 Å². The van der Waals surface area contributed by atoms with Crippen molar-refractivity contribution in [3.63, 3.8) is 0 Å². The molecular weight excluding hydrogens is 458 g/mol.